The number of hydrogen-bond acceptors (Lipinski definition) is 2. The molecule has 0 aliphatic heterocycles. The molecule has 2 rings (SSSR count). The number of halogens is 2. The van der Waals surface area contributed by atoms with Crippen molar-refractivity contribution >= 4 is 31.9 Å². The standard InChI is InChI=1S/C15H21Br2NO/c1-10-4-3-5-13(6-10)18-9-11-7-12(16)8-14(17)15(11)19-2/h7-8,10,13,18H,3-6,9H2,1-2H3. The maximum Gasteiger partial charge on any atom is 0.137 e. The predicted molar refractivity (Wildman–Crippen MR) is 86.7 cm³/mol. The van der Waals surface area contributed by atoms with E-state index in [-0.39, 0.29) is 0 Å². The van der Waals surface area contributed by atoms with Crippen LogP contribution in [0.3, 0.4) is 0 Å². The van der Waals surface area contributed by atoms with E-state index in [9.17, 15) is 0 Å². The normalized spacial score (nSPS) is 23.4. The maximum atomic E-state index is 5.48. The molecule has 106 valence electrons. The van der Waals surface area contributed by atoms with Gasteiger partial charge in [-0.1, -0.05) is 35.7 Å². The third-order valence-corrected chi connectivity index (χ3v) is 4.85. The molecule has 0 spiro atoms. The van der Waals surface area contributed by atoms with E-state index in [0.29, 0.717) is 6.04 Å². The van der Waals surface area contributed by atoms with Crippen LogP contribution in [-0.2, 0) is 6.54 Å². The molecule has 0 saturated heterocycles. The zero-order chi connectivity index (χ0) is 13.8. The highest BCUT2D eigenvalue weighted by molar-refractivity contribution is 9.11. The van der Waals surface area contributed by atoms with Crippen LogP contribution < -0.4 is 10.1 Å². The molecule has 0 amide bonds. The lowest BCUT2D eigenvalue weighted by molar-refractivity contribution is 0.299. The van der Waals surface area contributed by atoms with E-state index in [4.69, 9.17) is 4.74 Å². The van der Waals surface area contributed by atoms with Gasteiger partial charge in [-0.15, -0.1) is 0 Å². The predicted octanol–water partition coefficient (Wildman–Crippen LogP) is 4.89. The van der Waals surface area contributed by atoms with Crippen LogP contribution in [0.15, 0.2) is 21.1 Å². The molecule has 1 aromatic carbocycles. The summed E-state index contributed by atoms with van der Waals surface area (Å²) in [5.74, 6) is 1.78. The van der Waals surface area contributed by atoms with Gasteiger partial charge < -0.3 is 10.1 Å². The largest absolute Gasteiger partial charge is 0.495 e. The van der Waals surface area contributed by atoms with Crippen molar-refractivity contribution in [2.45, 2.75) is 45.2 Å². The van der Waals surface area contributed by atoms with E-state index >= 15 is 0 Å². The van der Waals surface area contributed by atoms with Crippen molar-refractivity contribution in [3.05, 3.63) is 26.6 Å². The monoisotopic (exact) mass is 389 g/mol. The Kier molecular flexibility index (Phi) is 5.72. The lowest BCUT2D eigenvalue weighted by Gasteiger charge is -2.28. The first kappa shape index (κ1) is 15.3. The fourth-order valence-electron chi connectivity index (χ4n) is 2.85. The molecule has 0 bridgehead atoms. The summed E-state index contributed by atoms with van der Waals surface area (Å²) in [6, 6.07) is 4.79. The van der Waals surface area contributed by atoms with Crippen molar-refractivity contribution in [1.82, 2.24) is 5.32 Å². The van der Waals surface area contributed by atoms with Gasteiger partial charge in [0.15, 0.2) is 0 Å². The van der Waals surface area contributed by atoms with E-state index in [0.717, 1.165) is 27.2 Å². The smallest absolute Gasteiger partial charge is 0.137 e. The molecule has 1 aliphatic carbocycles. The average molecular weight is 391 g/mol. The van der Waals surface area contributed by atoms with Crippen LogP contribution >= 0.6 is 31.9 Å². The molecule has 0 aromatic heterocycles. The highest BCUT2D eigenvalue weighted by Crippen LogP contribution is 2.33. The highest BCUT2D eigenvalue weighted by Gasteiger charge is 2.19. The lowest BCUT2D eigenvalue weighted by atomic mass is 9.87. The van der Waals surface area contributed by atoms with Crippen LogP contribution in [0.1, 0.15) is 38.2 Å². The minimum absolute atomic E-state index is 0.645. The molecule has 19 heavy (non-hydrogen) atoms. The zero-order valence-electron chi connectivity index (χ0n) is 11.5. The third kappa shape index (κ3) is 4.20. The van der Waals surface area contributed by atoms with Gasteiger partial charge >= 0.3 is 0 Å². The van der Waals surface area contributed by atoms with Gasteiger partial charge in [0.25, 0.3) is 0 Å². The van der Waals surface area contributed by atoms with Gasteiger partial charge in [-0.2, -0.15) is 0 Å². The summed E-state index contributed by atoms with van der Waals surface area (Å²) in [7, 11) is 1.72. The van der Waals surface area contributed by atoms with Crippen LogP contribution in [0.25, 0.3) is 0 Å². The van der Waals surface area contributed by atoms with Gasteiger partial charge in [0.1, 0.15) is 5.75 Å². The van der Waals surface area contributed by atoms with Gasteiger partial charge in [-0.3, -0.25) is 0 Å². The summed E-state index contributed by atoms with van der Waals surface area (Å²) in [6.45, 7) is 3.21. The first-order chi connectivity index (χ1) is 9.10. The van der Waals surface area contributed by atoms with Gasteiger partial charge in [0.2, 0.25) is 0 Å². The number of rotatable bonds is 4. The Balaban J connectivity index is 2.02. The molecular formula is C15H21Br2NO. The number of methoxy groups -OCH3 is 1. The van der Waals surface area contributed by atoms with Gasteiger partial charge in [-0.25, -0.2) is 0 Å². The van der Waals surface area contributed by atoms with Crippen LogP contribution in [0.4, 0.5) is 0 Å². The van der Waals surface area contributed by atoms with Crippen molar-refractivity contribution in [3.8, 4) is 5.75 Å². The topological polar surface area (TPSA) is 21.3 Å². The molecule has 2 nitrogen and oxygen atoms in total. The Hall–Kier alpha value is -0.0600. The summed E-state index contributed by atoms with van der Waals surface area (Å²) in [5, 5.41) is 3.68. The Labute approximate surface area is 132 Å². The molecule has 0 heterocycles. The Morgan fingerprint density at radius 3 is 2.79 bits per heavy atom. The summed E-state index contributed by atoms with van der Waals surface area (Å²) in [6.07, 6.45) is 5.31. The molecule has 1 saturated carbocycles. The molecular weight excluding hydrogens is 370 g/mol. The fourth-order valence-corrected chi connectivity index (χ4v) is 4.32. The molecule has 2 unspecified atom stereocenters. The van der Waals surface area contributed by atoms with Gasteiger partial charge in [0, 0.05) is 22.6 Å². The van der Waals surface area contributed by atoms with E-state index in [1.807, 2.05) is 6.07 Å². The van der Waals surface area contributed by atoms with Crippen molar-refractivity contribution in [2.24, 2.45) is 5.92 Å². The summed E-state index contributed by atoms with van der Waals surface area (Å²) in [4.78, 5) is 0. The van der Waals surface area contributed by atoms with Crippen LogP contribution in [0.5, 0.6) is 5.75 Å². The second-order valence-electron chi connectivity index (χ2n) is 5.43. The van der Waals surface area contributed by atoms with E-state index in [1.165, 1.54) is 31.2 Å². The molecule has 1 aromatic rings. The van der Waals surface area contributed by atoms with Crippen molar-refractivity contribution in [2.75, 3.05) is 7.11 Å². The van der Waals surface area contributed by atoms with Crippen molar-refractivity contribution in [1.29, 1.82) is 0 Å². The van der Waals surface area contributed by atoms with Crippen LogP contribution in [0.2, 0.25) is 0 Å². The first-order valence-corrected chi connectivity index (χ1v) is 8.44. The van der Waals surface area contributed by atoms with Crippen molar-refractivity contribution < 1.29 is 4.74 Å². The number of nitrogens with one attached hydrogen (secondary N) is 1. The molecule has 1 aliphatic rings. The SMILES string of the molecule is COc1c(Br)cc(Br)cc1CNC1CCCC(C)C1. The Morgan fingerprint density at radius 1 is 1.32 bits per heavy atom. The number of hydrogen-bond donors (Lipinski definition) is 1. The first-order valence-electron chi connectivity index (χ1n) is 6.85. The summed E-state index contributed by atoms with van der Waals surface area (Å²) in [5.41, 5.74) is 1.20. The average Bonchev–Trinajstić information content (AvgIpc) is 2.36. The molecule has 0 radical (unpaired) electrons. The molecule has 1 N–H and O–H groups in total. The van der Waals surface area contributed by atoms with Gasteiger partial charge in [0.05, 0.1) is 11.6 Å². The minimum atomic E-state index is 0.645. The lowest BCUT2D eigenvalue weighted by Crippen LogP contribution is -2.33. The van der Waals surface area contributed by atoms with E-state index < -0.39 is 0 Å². The van der Waals surface area contributed by atoms with Crippen molar-refractivity contribution in [3.63, 3.8) is 0 Å². The Bertz CT molecular complexity index is 436. The number of ether oxygens (including phenoxy) is 1. The highest BCUT2D eigenvalue weighted by atomic mass is 79.9. The van der Waals surface area contributed by atoms with Gasteiger partial charge in [-0.05, 0) is 46.8 Å². The molecule has 2 atom stereocenters. The fraction of sp³-hybridized carbons (Fsp3) is 0.600. The third-order valence-electron chi connectivity index (χ3n) is 3.81. The second-order valence-corrected chi connectivity index (χ2v) is 7.20. The molecule has 1 fully saturated rings. The zero-order valence-corrected chi connectivity index (χ0v) is 14.7. The van der Waals surface area contributed by atoms with Crippen LogP contribution in [0, 0.1) is 5.92 Å². The Morgan fingerprint density at radius 2 is 2.11 bits per heavy atom. The maximum absolute atomic E-state index is 5.48. The quantitative estimate of drug-likeness (QED) is 0.790. The summed E-state index contributed by atoms with van der Waals surface area (Å²) >= 11 is 7.09. The van der Waals surface area contributed by atoms with E-state index in [1.54, 1.807) is 7.11 Å². The van der Waals surface area contributed by atoms with E-state index in [2.05, 4.69) is 50.2 Å². The number of benzene rings is 1. The minimum Gasteiger partial charge on any atom is -0.495 e. The second kappa shape index (κ2) is 7.09. The molecule has 4 heteroatoms. The summed E-state index contributed by atoms with van der Waals surface area (Å²) < 4.78 is 7.56. The van der Waals surface area contributed by atoms with Crippen LogP contribution in [-0.4, -0.2) is 13.2 Å².